The number of ether oxygens (including phenoxy) is 1. The third-order valence-electron chi connectivity index (χ3n) is 14.5. The second-order valence-corrected chi connectivity index (χ2v) is 33.9. The molecule has 1 spiro atoms. The van der Waals surface area contributed by atoms with Crippen molar-refractivity contribution in [3.8, 4) is 0 Å². The quantitative estimate of drug-likeness (QED) is 0.579. The first kappa shape index (κ1) is 5.21. The summed E-state index contributed by atoms with van der Waals surface area (Å²) in [5.41, 5.74) is 0. The van der Waals surface area contributed by atoms with Crippen LogP contribution in [0.1, 0.15) is 0 Å². The fourth-order valence-electron chi connectivity index (χ4n) is 15.8. The Morgan fingerprint density at radius 2 is 0.714 bits per heavy atom. The van der Waals surface area contributed by atoms with Crippen LogP contribution in [0.25, 0.3) is 0 Å². The summed E-state index contributed by atoms with van der Waals surface area (Å²) in [6.45, 7) is -2.28. The molecule has 0 radical (unpaired) electrons. The summed E-state index contributed by atoms with van der Waals surface area (Å²) >= 11 is 0. The van der Waals surface area contributed by atoms with Crippen LogP contribution in [0.2, 0.25) is 48.2 Å². The van der Waals surface area contributed by atoms with Crippen molar-refractivity contribution in [2.45, 2.75) is 48.2 Å². The normalized spacial score (nSPS) is 136. The van der Waals surface area contributed by atoms with E-state index in [2.05, 4.69) is 4.74 Å². The van der Waals surface area contributed by atoms with Crippen molar-refractivity contribution in [2.24, 2.45) is 0 Å². The van der Waals surface area contributed by atoms with Gasteiger partial charge in [0.05, 0.1) is 0 Å². The van der Waals surface area contributed by atoms with Gasteiger partial charge in [0.1, 0.15) is 0 Å². The van der Waals surface area contributed by atoms with E-state index in [-0.39, 0.29) is 0 Å². The van der Waals surface area contributed by atoms with Crippen molar-refractivity contribution < 1.29 is 11.2 Å². The number of methoxy groups -OCH3 is 1. The molecule has 0 unspecified atom stereocenters. The zero-order valence-corrected chi connectivity index (χ0v) is 9.64. The summed E-state index contributed by atoms with van der Waals surface area (Å²) in [7, 11) is 3.25. The molecule has 0 aromatic rings. The molecular formula is C12H16FeO. The van der Waals surface area contributed by atoms with Gasteiger partial charge in [0.25, 0.3) is 0 Å². The first-order valence-corrected chi connectivity index (χ1v) is 12.6. The van der Waals surface area contributed by atoms with Crippen molar-refractivity contribution in [1.82, 2.24) is 0 Å². The maximum absolute atomic E-state index is 4.25. The van der Waals surface area contributed by atoms with Gasteiger partial charge >= 0.3 is 54.7 Å². The van der Waals surface area contributed by atoms with Crippen molar-refractivity contribution in [2.75, 3.05) is 14.2 Å². The van der Waals surface area contributed by atoms with Gasteiger partial charge in [-0.05, 0) is 0 Å². The second kappa shape index (κ2) is 0.359. The van der Waals surface area contributed by atoms with Gasteiger partial charge in [-0.15, -0.1) is 0 Å². The van der Waals surface area contributed by atoms with Crippen LogP contribution in [0.5, 0.6) is 0 Å². The molecule has 10 fully saturated rings. The Bertz CT molecular complexity index is 593. The van der Waals surface area contributed by atoms with Crippen LogP contribution >= 0.6 is 0 Å². The molecule has 78 valence electrons. The Labute approximate surface area is 73.9 Å². The SMILES string of the molecule is COC.[CH]12[CH]3[CH]4[CH]5[CH]1[Fe]23451678[CH]2[CH]1[CH]6[CH]7[CH]28. The monoisotopic (exact) mass is 232 g/mol. The fraction of sp³-hybridized carbons (Fsp3) is 1.00. The predicted octanol–water partition coefficient (Wildman–Crippen LogP) is 3.64. The standard InChI is InChI=1S/2C5H5.C2H6O.Fe/c2*1-2-4-5-3-1;1-3-2;/h2*1-5H;1-2H3;. The molecule has 14 heavy (non-hydrogen) atoms. The van der Waals surface area contributed by atoms with Gasteiger partial charge in [-0.2, -0.15) is 0 Å². The minimum absolute atomic E-state index is 1.59. The molecule has 10 saturated heterocycles. The molecule has 0 N–H and O–H groups in total. The van der Waals surface area contributed by atoms with E-state index in [1.165, 1.54) is 0 Å². The van der Waals surface area contributed by atoms with E-state index in [1.54, 1.807) is 62.4 Å². The van der Waals surface area contributed by atoms with E-state index in [0.717, 1.165) is 0 Å². The van der Waals surface area contributed by atoms with Crippen LogP contribution in [0.4, 0.5) is 0 Å². The summed E-state index contributed by atoms with van der Waals surface area (Å²) in [6.07, 6.45) is 0. The van der Waals surface area contributed by atoms with Crippen LogP contribution in [0, 0.1) is 0 Å². The van der Waals surface area contributed by atoms with Crippen LogP contribution in [0.15, 0.2) is 0 Å². The fourth-order valence-corrected chi connectivity index (χ4v) is 88.0. The van der Waals surface area contributed by atoms with Gasteiger partial charge in [0, 0.05) is 14.2 Å². The molecule has 0 atom stereocenters. The summed E-state index contributed by atoms with van der Waals surface area (Å²) in [5.74, 6) is 0. The van der Waals surface area contributed by atoms with Crippen LogP contribution in [-0.4, -0.2) is 14.2 Å². The third-order valence-corrected chi connectivity index (χ3v) is 56.5. The molecule has 0 aliphatic carbocycles. The first-order valence-electron chi connectivity index (χ1n) is 6.19. The van der Waals surface area contributed by atoms with E-state index in [9.17, 15) is 0 Å². The molecule has 10 heterocycles. The molecule has 0 amide bonds. The molecule has 2 heteroatoms. The average molecular weight is 232 g/mol. The Kier molecular flexibility index (Phi) is 0.133. The van der Waals surface area contributed by atoms with Gasteiger partial charge < -0.3 is 4.74 Å². The van der Waals surface area contributed by atoms with E-state index in [1.807, 2.05) is 0 Å². The molecule has 0 bridgehead atoms. The van der Waals surface area contributed by atoms with Crippen molar-refractivity contribution in [3.63, 3.8) is 0 Å². The Morgan fingerprint density at radius 1 is 0.571 bits per heavy atom. The number of fused-ring (bicyclic) bond motifs is 10. The first-order chi connectivity index (χ1) is 6.57. The zero-order chi connectivity index (χ0) is 8.80. The molecule has 10 aliphatic rings. The Balaban J connectivity index is 0.000000151. The average Bonchev–Trinajstić information content (AvgIpc) is 3.15. The molecular weight excluding hydrogens is 216 g/mol. The van der Waals surface area contributed by atoms with Crippen molar-refractivity contribution >= 4 is 0 Å². The van der Waals surface area contributed by atoms with E-state index >= 15 is 0 Å². The maximum atomic E-state index is 4.25. The van der Waals surface area contributed by atoms with Crippen LogP contribution in [-0.2, 0) is 11.2 Å². The molecule has 0 aromatic carbocycles. The summed E-state index contributed by atoms with van der Waals surface area (Å²) < 4.78 is 4.25. The Morgan fingerprint density at radius 3 is 0.714 bits per heavy atom. The third kappa shape index (κ3) is 0.0409. The van der Waals surface area contributed by atoms with Gasteiger partial charge in [-0.25, -0.2) is 0 Å². The van der Waals surface area contributed by atoms with Crippen LogP contribution < -0.4 is 0 Å². The zero-order valence-electron chi connectivity index (χ0n) is 8.54. The molecule has 1 nitrogen and oxygen atoms in total. The van der Waals surface area contributed by atoms with Crippen molar-refractivity contribution in [3.05, 3.63) is 0 Å². The number of rotatable bonds is 0. The Hall–Kier alpha value is 0.479. The van der Waals surface area contributed by atoms with E-state index < -0.39 is 6.51 Å². The molecule has 0 saturated carbocycles. The van der Waals surface area contributed by atoms with Gasteiger partial charge in [0.15, 0.2) is 0 Å². The van der Waals surface area contributed by atoms with E-state index in [4.69, 9.17) is 0 Å². The second-order valence-electron chi connectivity index (χ2n) is 9.99. The van der Waals surface area contributed by atoms with Crippen LogP contribution in [0.3, 0.4) is 0 Å². The number of hydrogen-bond acceptors (Lipinski definition) is 1. The summed E-state index contributed by atoms with van der Waals surface area (Å²) in [6, 6.07) is 0. The summed E-state index contributed by atoms with van der Waals surface area (Å²) in [5, 5.41) is 0. The predicted molar refractivity (Wildman–Crippen MR) is 50.4 cm³/mol. The molecule has 0 aromatic heterocycles. The van der Waals surface area contributed by atoms with Crippen molar-refractivity contribution in [1.29, 1.82) is 0 Å². The van der Waals surface area contributed by atoms with Gasteiger partial charge in [0.2, 0.25) is 0 Å². The topological polar surface area (TPSA) is 9.23 Å². The minimum atomic E-state index is -2.28. The van der Waals surface area contributed by atoms with E-state index in [0.29, 0.717) is 0 Å². The summed E-state index contributed by atoms with van der Waals surface area (Å²) in [4.78, 5) is 15.9. The number of hydrogen-bond donors (Lipinski definition) is 0. The van der Waals surface area contributed by atoms with Gasteiger partial charge in [-0.3, -0.25) is 0 Å². The molecule has 10 rings (SSSR count). The molecule has 10 aliphatic heterocycles. The van der Waals surface area contributed by atoms with Gasteiger partial charge in [-0.1, -0.05) is 0 Å².